The average molecular weight is 249 g/mol. The van der Waals surface area contributed by atoms with Gasteiger partial charge in [0.25, 0.3) is 0 Å². The quantitative estimate of drug-likeness (QED) is 0.785. The number of aliphatic hydroxyl groups excluding tert-OH is 1. The van der Waals surface area contributed by atoms with Gasteiger partial charge >= 0.3 is 0 Å². The minimum absolute atomic E-state index is 0.300. The molecule has 0 radical (unpaired) electrons. The summed E-state index contributed by atoms with van der Waals surface area (Å²) in [4.78, 5) is 6.15. The fourth-order valence-corrected chi connectivity index (χ4v) is 1.90. The maximum absolute atomic E-state index is 9.45. The van der Waals surface area contributed by atoms with E-state index in [9.17, 15) is 5.11 Å². The van der Waals surface area contributed by atoms with Crippen molar-refractivity contribution in [1.82, 2.24) is 9.88 Å². The zero-order valence-electron chi connectivity index (χ0n) is 10.5. The topological polar surface area (TPSA) is 75.5 Å². The second-order valence-electron chi connectivity index (χ2n) is 4.56. The Bertz CT molecular complexity index is 498. The Labute approximate surface area is 106 Å². The van der Waals surface area contributed by atoms with Crippen LogP contribution in [0.5, 0.6) is 0 Å². The molecule has 0 fully saturated rings. The minimum atomic E-state index is -0.452. The van der Waals surface area contributed by atoms with Gasteiger partial charge in [-0.1, -0.05) is 6.07 Å². The summed E-state index contributed by atoms with van der Waals surface area (Å²) in [7, 11) is 1.98. The van der Waals surface area contributed by atoms with Gasteiger partial charge in [0, 0.05) is 19.6 Å². The van der Waals surface area contributed by atoms with Crippen molar-refractivity contribution < 1.29 is 9.52 Å². The van der Waals surface area contributed by atoms with Crippen molar-refractivity contribution in [2.24, 2.45) is 5.73 Å². The van der Waals surface area contributed by atoms with Crippen molar-refractivity contribution in [3.63, 3.8) is 0 Å². The van der Waals surface area contributed by atoms with Crippen molar-refractivity contribution >= 4 is 11.1 Å². The number of benzene rings is 1. The molecule has 2 aromatic rings. The Kier molecular flexibility index (Phi) is 4.30. The molecule has 0 aliphatic carbocycles. The lowest BCUT2D eigenvalue weighted by molar-refractivity contribution is 0.133. The monoisotopic (exact) mass is 249 g/mol. The molecule has 5 nitrogen and oxygen atoms in total. The summed E-state index contributed by atoms with van der Waals surface area (Å²) in [5, 5.41) is 9.45. The molecule has 0 saturated heterocycles. The maximum Gasteiger partial charge on any atom is 0.181 e. The second kappa shape index (κ2) is 5.95. The summed E-state index contributed by atoms with van der Waals surface area (Å²) in [6, 6.07) is 6.02. The summed E-state index contributed by atoms with van der Waals surface area (Å²) in [6.07, 6.45) is 1.91. The first-order valence-electron chi connectivity index (χ1n) is 6.08. The lowest BCUT2D eigenvalue weighted by Gasteiger charge is -2.19. The van der Waals surface area contributed by atoms with Crippen molar-refractivity contribution in [2.75, 3.05) is 26.7 Å². The van der Waals surface area contributed by atoms with Gasteiger partial charge in [-0.15, -0.1) is 0 Å². The summed E-state index contributed by atoms with van der Waals surface area (Å²) >= 11 is 0. The standard InChI is InChI=1S/C13H19N3O2/c1-16(8-11(17)7-14)5-4-10-2-3-12-13(6-10)18-9-15-12/h2-3,6,9,11,17H,4-5,7-8,14H2,1H3. The first-order valence-corrected chi connectivity index (χ1v) is 6.08. The van der Waals surface area contributed by atoms with Crippen LogP contribution in [0.3, 0.4) is 0 Å². The first kappa shape index (κ1) is 13.0. The van der Waals surface area contributed by atoms with E-state index in [1.807, 2.05) is 19.2 Å². The molecule has 2 rings (SSSR count). The van der Waals surface area contributed by atoms with E-state index in [1.165, 1.54) is 12.0 Å². The van der Waals surface area contributed by atoms with Crippen LogP contribution in [0.2, 0.25) is 0 Å². The third-order valence-electron chi connectivity index (χ3n) is 2.97. The van der Waals surface area contributed by atoms with Gasteiger partial charge in [0.15, 0.2) is 12.0 Å². The zero-order chi connectivity index (χ0) is 13.0. The van der Waals surface area contributed by atoms with Gasteiger partial charge in [0.2, 0.25) is 0 Å². The Morgan fingerprint density at radius 2 is 2.33 bits per heavy atom. The van der Waals surface area contributed by atoms with Gasteiger partial charge in [0.1, 0.15) is 5.52 Å². The van der Waals surface area contributed by atoms with E-state index in [-0.39, 0.29) is 0 Å². The summed E-state index contributed by atoms with van der Waals surface area (Å²) < 4.78 is 5.27. The molecule has 0 aliphatic rings. The fraction of sp³-hybridized carbons (Fsp3) is 0.462. The van der Waals surface area contributed by atoms with E-state index in [1.54, 1.807) is 0 Å². The number of likely N-dealkylation sites (N-methyl/N-ethyl adjacent to an activating group) is 1. The number of nitrogens with two attached hydrogens (primary N) is 1. The Morgan fingerprint density at radius 3 is 3.11 bits per heavy atom. The van der Waals surface area contributed by atoms with E-state index < -0.39 is 6.10 Å². The fourth-order valence-electron chi connectivity index (χ4n) is 1.90. The number of hydrogen-bond donors (Lipinski definition) is 2. The number of oxazole rings is 1. The van der Waals surface area contributed by atoms with Crippen molar-refractivity contribution in [1.29, 1.82) is 0 Å². The molecule has 0 bridgehead atoms. The molecule has 1 aromatic heterocycles. The highest BCUT2D eigenvalue weighted by molar-refractivity contribution is 5.72. The number of aromatic nitrogens is 1. The van der Waals surface area contributed by atoms with Crippen LogP contribution >= 0.6 is 0 Å². The van der Waals surface area contributed by atoms with Gasteiger partial charge < -0.3 is 20.2 Å². The molecule has 18 heavy (non-hydrogen) atoms. The first-order chi connectivity index (χ1) is 8.69. The van der Waals surface area contributed by atoms with Gasteiger partial charge in [-0.3, -0.25) is 0 Å². The van der Waals surface area contributed by atoms with Crippen LogP contribution < -0.4 is 5.73 Å². The van der Waals surface area contributed by atoms with E-state index >= 15 is 0 Å². The van der Waals surface area contributed by atoms with E-state index in [4.69, 9.17) is 10.2 Å². The number of rotatable bonds is 6. The molecule has 3 N–H and O–H groups in total. The van der Waals surface area contributed by atoms with E-state index in [2.05, 4.69) is 16.0 Å². The van der Waals surface area contributed by atoms with Crippen LogP contribution in [0.4, 0.5) is 0 Å². The molecule has 0 saturated carbocycles. The highest BCUT2D eigenvalue weighted by Gasteiger charge is 2.07. The molecule has 0 amide bonds. The van der Waals surface area contributed by atoms with Gasteiger partial charge in [0.05, 0.1) is 6.10 Å². The molecule has 0 spiro atoms. The molecule has 1 unspecified atom stereocenters. The third-order valence-corrected chi connectivity index (χ3v) is 2.97. The Balaban J connectivity index is 1.89. The molecule has 1 aromatic carbocycles. The Hall–Kier alpha value is -1.43. The molecule has 5 heteroatoms. The van der Waals surface area contributed by atoms with Crippen LogP contribution in [-0.2, 0) is 6.42 Å². The Morgan fingerprint density at radius 1 is 1.50 bits per heavy atom. The van der Waals surface area contributed by atoms with Gasteiger partial charge in [-0.2, -0.15) is 0 Å². The molecule has 1 atom stereocenters. The number of fused-ring (bicyclic) bond motifs is 1. The predicted molar refractivity (Wildman–Crippen MR) is 70.3 cm³/mol. The maximum atomic E-state index is 9.45. The van der Waals surface area contributed by atoms with Crippen LogP contribution in [0.25, 0.3) is 11.1 Å². The van der Waals surface area contributed by atoms with Crippen LogP contribution in [-0.4, -0.2) is 47.8 Å². The summed E-state index contributed by atoms with van der Waals surface area (Å²) in [5.41, 5.74) is 8.28. The molecule has 98 valence electrons. The summed E-state index contributed by atoms with van der Waals surface area (Å²) in [6.45, 7) is 1.77. The van der Waals surface area contributed by atoms with Gasteiger partial charge in [-0.25, -0.2) is 4.98 Å². The van der Waals surface area contributed by atoms with Gasteiger partial charge in [-0.05, 0) is 31.2 Å². The largest absolute Gasteiger partial charge is 0.443 e. The minimum Gasteiger partial charge on any atom is -0.443 e. The normalized spacial score (nSPS) is 13.3. The van der Waals surface area contributed by atoms with E-state index in [0.29, 0.717) is 13.1 Å². The van der Waals surface area contributed by atoms with Crippen LogP contribution in [0.1, 0.15) is 5.56 Å². The van der Waals surface area contributed by atoms with Crippen LogP contribution in [0.15, 0.2) is 29.0 Å². The number of aliphatic hydroxyl groups is 1. The highest BCUT2D eigenvalue weighted by atomic mass is 16.3. The van der Waals surface area contributed by atoms with Crippen LogP contribution in [0, 0.1) is 0 Å². The predicted octanol–water partition coefficient (Wildman–Crippen LogP) is 0.622. The second-order valence-corrected chi connectivity index (χ2v) is 4.56. The third kappa shape index (κ3) is 3.29. The average Bonchev–Trinajstić information content (AvgIpc) is 2.83. The lowest BCUT2D eigenvalue weighted by atomic mass is 10.1. The smallest absolute Gasteiger partial charge is 0.181 e. The molecular weight excluding hydrogens is 230 g/mol. The summed E-state index contributed by atoms with van der Waals surface area (Å²) in [5.74, 6) is 0. The molecular formula is C13H19N3O2. The highest BCUT2D eigenvalue weighted by Crippen LogP contribution is 2.14. The van der Waals surface area contributed by atoms with Crippen molar-refractivity contribution in [3.8, 4) is 0 Å². The molecule has 0 aliphatic heterocycles. The van der Waals surface area contributed by atoms with Crippen molar-refractivity contribution in [2.45, 2.75) is 12.5 Å². The molecule has 1 heterocycles. The zero-order valence-corrected chi connectivity index (χ0v) is 10.5. The lowest BCUT2D eigenvalue weighted by Crippen LogP contribution is -2.35. The number of nitrogens with zero attached hydrogens (tertiary/aromatic N) is 2. The van der Waals surface area contributed by atoms with E-state index in [0.717, 1.165) is 24.1 Å². The SMILES string of the molecule is CN(CCc1ccc2ncoc2c1)CC(O)CN. The van der Waals surface area contributed by atoms with Crippen molar-refractivity contribution in [3.05, 3.63) is 30.2 Å². The number of hydrogen-bond acceptors (Lipinski definition) is 5.